The fourth-order valence-electron chi connectivity index (χ4n) is 5.00. The molecule has 3 heteroatoms. The summed E-state index contributed by atoms with van der Waals surface area (Å²) in [5.74, 6) is 0.456. The van der Waals surface area contributed by atoms with Gasteiger partial charge in [0.1, 0.15) is 5.75 Å². The highest BCUT2D eigenvalue weighted by Crippen LogP contribution is 2.31. The Morgan fingerprint density at radius 1 is 0.968 bits per heavy atom. The molecule has 0 fully saturated rings. The molecule has 0 bridgehead atoms. The zero-order valence-corrected chi connectivity index (χ0v) is 19.7. The fraction of sp³-hybridized carbons (Fsp3) is 0.571. The van der Waals surface area contributed by atoms with Crippen LogP contribution >= 0.6 is 0 Å². The quantitative estimate of drug-likeness (QED) is 0.409. The number of nitrogens with zero attached hydrogens (tertiary/aromatic N) is 1. The first kappa shape index (κ1) is 23.8. The molecule has 0 amide bonds. The van der Waals surface area contributed by atoms with Crippen molar-refractivity contribution in [2.45, 2.75) is 77.7 Å². The molecule has 0 aromatic heterocycles. The SMILES string of the molecule is CCCN(CCCCCCNCCc1ccccc1)C1CCc2c(ccc(O)c2C)C1. The molecule has 2 N–H and O–H groups in total. The highest BCUT2D eigenvalue weighted by Gasteiger charge is 2.25. The molecule has 1 aliphatic carbocycles. The first-order chi connectivity index (χ1) is 15.2. The van der Waals surface area contributed by atoms with Crippen LogP contribution in [0.1, 0.15) is 67.7 Å². The van der Waals surface area contributed by atoms with Crippen molar-refractivity contribution in [1.82, 2.24) is 10.2 Å². The smallest absolute Gasteiger partial charge is 0.118 e. The Morgan fingerprint density at radius 3 is 2.58 bits per heavy atom. The number of rotatable bonds is 13. The standard InChI is InChI=1S/C28H42N2O/c1-3-20-30(26-14-15-27-23(2)28(31)16-13-25(27)22-26)21-10-5-4-9-18-29-19-17-24-11-7-6-8-12-24/h6-8,11-13,16,26,29,31H,3-5,9-10,14-15,17-22H2,1-2H3. The third kappa shape index (κ3) is 7.36. The second-order valence-electron chi connectivity index (χ2n) is 9.18. The average molecular weight is 423 g/mol. The molecular formula is C28H42N2O. The van der Waals surface area contributed by atoms with Crippen LogP contribution in [0.2, 0.25) is 0 Å². The normalized spacial score (nSPS) is 15.9. The van der Waals surface area contributed by atoms with Crippen molar-refractivity contribution in [2.75, 3.05) is 26.2 Å². The zero-order chi connectivity index (χ0) is 21.9. The third-order valence-corrected chi connectivity index (χ3v) is 6.86. The van der Waals surface area contributed by atoms with Crippen molar-refractivity contribution in [3.05, 3.63) is 64.7 Å². The van der Waals surface area contributed by atoms with E-state index in [1.165, 1.54) is 68.3 Å². The Hall–Kier alpha value is -1.84. The van der Waals surface area contributed by atoms with Gasteiger partial charge < -0.3 is 15.3 Å². The van der Waals surface area contributed by atoms with Crippen LogP contribution in [-0.4, -0.2) is 42.2 Å². The van der Waals surface area contributed by atoms with Crippen LogP contribution in [0.25, 0.3) is 0 Å². The highest BCUT2D eigenvalue weighted by atomic mass is 16.3. The van der Waals surface area contributed by atoms with Crippen molar-refractivity contribution in [3.63, 3.8) is 0 Å². The molecule has 2 aromatic rings. The number of aromatic hydroxyl groups is 1. The van der Waals surface area contributed by atoms with E-state index in [-0.39, 0.29) is 0 Å². The van der Waals surface area contributed by atoms with Gasteiger partial charge >= 0.3 is 0 Å². The number of hydrogen-bond acceptors (Lipinski definition) is 3. The summed E-state index contributed by atoms with van der Waals surface area (Å²) in [5, 5.41) is 13.6. The van der Waals surface area contributed by atoms with Gasteiger partial charge in [0, 0.05) is 6.04 Å². The molecule has 3 rings (SSSR count). The van der Waals surface area contributed by atoms with Crippen LogP contribution in [0.15, 0.2) is 42.5 Å². The molecule has 0 saturated carbocycles. The number of phenols is 1. The molecule has 31 heavy (non-hydrogen) atoms. The minimum atomic E-state index is 0.456. The lowest BCUT2D eigenvalue weighted by Crippen LogP contribution is -2.40. The third-order valence-electron chi connectivity index (χ3n) is 6.86. The monoisotopic (exact) mass is 422 g/mol. The molecule has 0 aliphatic heterocycles. The lowest BCUT2D eigenvalue weighted by atomic mass is 9.84. The summed E-state index contributed by atoms with van der Waals surface area (Å²) in [5.41, 5.74) is 5.36. The van der Waals surface area contributed by atoms with Crippen LogP contribution in [0.4, 0.5) is 0 Å². The predicted molar refractivity (Wildman–Crippen MR) is 132 cm³/mol. The van der Waals surface area contributed by atoms with Gasteiger partial charge in [-0.25, -0.2) is 0 Å². The van der Waals surface area contributed by atoms with Gasteiger partial charge in [-0.05, 0) is 106 Å². The van der Waals surface area contributed by atoms with Gasteiger partial charge in [-0.3, -0.25) is 0 Å². The van der Waals surface area contributed by atoms with Crippen LogP contribution in [0.3, 0.4) is 0 Å². The number of benzene rings is 2. The maximum absolute atomic E-state index is 10.0. The number of nitrogens with one attached hydrogen (secondary N) is 1. The van der Waals surface area contributed by atoms with Crippen molar-refractivity contribution in [1.29, 1.82) is 0 Å². The molecule has 0 heterocycles. The molecule has 170 valence electrons. The first-order valence-corrected chi connectivity index (χ1v) is 12.5. The summed E-state index contributed by atoms with van der Waals surface area (Å²) < 4.78 is 0. The zero-order valence-electron chi connectivity index (χ0n) is 19.7. The van der Waals surface area contributed by atoms with E-state index in [1.54, 1.807) is 0 Å². The Morgan fingerprint density at radius 2 is 1.77 bits per heavy atom. The lowest BCUT2D eigenvalue weighted by molar-refractivity contribution is 0.176. The minimum absolute atomic E-state index is 0.456. The van der Waals surface area contributed by atoms with Crippen LogP contribution in [0.5, 0.6) is 5.75 Å². The molecule has 2 aromatic carbocycles. The van der Waals surface area contributed by atoms with Crippen molar-refractivity contribution in [3.8, 4) is 5.75 Å². The summed E-state index contributed by atoms with van der Waals surface area (Å²) in [4.78, 5) is 2.74. The van der Waals surface area contributed by atoms with Gasteiger partial charge in [0.05, 0.1) is 0 Å². The van der Waals surface area contributed by atoms with E-state index in [2.05, 4.69) is 60.5 Å². The van der Waals surface area contributed by atoms with Gasteiger partial charge in [-0.2, -0.15) is 0 Å². The molecule has 0 radical (unpaired) electrons. The van der Waals surface area contributed by atoms with Gasteiger partial charge in [0.25, 0.3) is 0 Å². The summed E-state index contributed by atoms with van der Waals surface area (Å²) in [6.45, 7) is 9.01. The Labute approximate surface area is 189 Å². The number of unbranched alkanes of at least 4 members (excludes halogenated alkanes) is 3. The van der Waals surface area contributed by atoms with E-state index in [0.29, 0.717) is 11.8 Å². The number of phenolic OH excluding ortho intramolecular Hbond substituents is 1. The van der Waals surface area contributed by atoms with Gasteiger partial charge in [0.2, 0.25) is 0 Å². The summed E-state index contributed by atoms with van der Waals surface area (Å²) in [7, 11) is 0. The summed E-state index contributed by atoms with van der Waals surface area (Å²) in [6, 6.07) is 15.4. The van der Waals surface area contributed by atoms with E-state index < -0.39 is 0 Å². The van der Waals surface area contributed by atoms with Gasteiger partial charge in [0.15, 0.2) is 0 Å². The largest absolute Gasteiger partial charge is 0.508 e. The topological polar surface area (TPSA) is 35.5 Å². The number of fused-ring (bicyclic) bond motifs is 1. The number of hydrogen-bond donors (Lipinski definition) is 2. The van der Waals surface area contributed by atoms with E-state index in [1.807, 2.05) is 6.07 Å². The van der Waals surface area contributed by atoms with E-state index in [0.717, 1.165) is 37.9 Å². The maximum atomic E-state index is 10.0. The van der Waals surface area contributed by atoms with E-state index in [4.69, 9.17) is 0 Å². The molecule has 0 spiro atoms. The Bertz CT molecular complexity index is 774. The van der Waals surface area contributed by atoms with Crippen molar-refractivity contribution < 1.29 is 5.11 Å². The Balaban J connectivity index is 1.31. The van der Waals surface area contributed by atoms with Gasteiger partial charge in [-0.1, -0.05) is 56.2 Å². The maximum Gasteiger partial charge on any atom is 0.118 e. The molecule has 3 nitrogen and oxygen atoms in total. The van der Waals surface area contributed by atoms with E-state index >= 15 is 0 Å². The van der Waals surface area contributed by atoms with Crippen molar-refractivity contribution >= 4 is 0 Å². The van der Waals surface area contributed by atoms with Crippen molar-refractivity contribution in [2.24, 2.45) is 0 Å². The molecule has 0 saturated heterocycles. The first-order valence-electron chi connectivity index (χ1n) is 12.5. The second kappa shape index (κ2) is 12.9. The van der Waals surface area contributed by atoms with E-state index in [9.17, 15) is 5.11 Å². The predicted octanol–water partition coefficient (Wildman–Crippen LogP) is 5.66. The summed E-state index contributed by atoms with van der Waals surface area (Å²) in [6.07, 6.45) is 11.1. The molecule has 1 unspecified atom stereocenters. The second-order valence-corrected chi connectivity index (χ2v) is 9.18. The summed E-state index contributed by atoms with van der Waals surface area (Å²) >= 11 is 0. The molecule has 1 aliphatic rings. The lowest BCUT2D eigenvalue weighted by Gasteiger charge is -2.36. The minimum Gasteiger partial charge on any atom is -0.508 e. The van der Waals surface area contributed by atoms with Crippen LogP contribution in [0, 0.1) is 6.92 Å². The Kier molecular flexibility index (Phi) is 9.89. The van der Waals surface area contributed by atoms with Crippen LogP contribution < -0.4 is 5.32 Å². The molecule has 1 atom stereocenters. The van der Waals surface area contributed by atoms with Gasteiger partial charge in [-0.15, -0.1) is 0 Å². The highest BCUT2D eigenvalue weighted by molar-refractivity contribution is 5.45. The average Bonchev–Trinajstić information content (AvgIpc) is 2.80. The molecular weight excluding hydrogens is 380 g/mol. The van der Waals surface area contributed by atoms with Crippen LogP contribution in [-0.2, 0) is 19.3 Å². The fourth-order valence-corrected chi connectivity index (χ4v) is 5.00.